The van der Waals surface area contributed by atoms with Crippen molar-refractivity contribution in [3.63, 3.8) is 0 Å². The van der Waals surface area contributed by atoms with E-state index in [4.69, 9.17) is 11.6 Å². The van der Waals surface area contributed by atoms with Crippen molar-refractivity contribution in [3.05, 3.63) is 51.8 Å². The van der Waals surface area contributed by atoms with Crippen LogP contribution in [0.1, 0.15) is 33.4 Å². The zero-order valence-electron chi connectivity index (χ0n) is 12.8. The van der Waals surface area contributed by atoms with Gasteiger partial charge >= 0.3 is 0 Å². The first-order chi connectivity index (χ1) is 11.1. The van der Waals surface area contributed by atoms with Crippen molar-refractivity contribution in [2.75, 3.05) is 13.1 Å². The summed E-state index contributed by atoms with van der Waals surface area (Å²) in [6.45, 7) is 1.66. The minimum Gasteiger partial charge on any atom is -0.387 e. The Bertz CT molecular complexity index is 712. The number of halogens is 1. The Morgan fingerprint density at radius 1 is 1.48 bits per heavy atom. The van der Waals surface area contributed by atoms with Gasteiger partial charge in [0.2, 0.25) is 0 Å². The summed E-state index contributed by atoms with van der Waals surface area (Å²) < 4.78 is 1.76. The van der Waals surface area contributed by atoms with E-state index in [2.05, 4.69) is 15.7 Å². The van der Waals surface area contributed by atoms with E-state index in [0.717, 1.165) is 24.2 Å². The van der Waals surface area contributed by atoms with Crippen molar-refractivity contribution in [2.24, 2.45) is 7.05 Å². The van der Waals surface area contributed by atoms with Crippen LogP contribution in [0.4, 0.5) is 0 Å². The van der Waals surface area contributed by atoms with Crippen LogP contribution in [0.2, 0.25) is 5.02 Å². The summed E-state index contributed by atoms with van der Waals surface area (Å²) in [6.07, 6.45) is 0.0772. The molecular weight excluding hydrogens is 316 g/mol. The molecule has 1 unspecified atom stereocenters. The van der Waals surface area contributed by atoms with E-state index in [1.807, 2.05) is 7.05 Å². The van der Waals surface area contributed by atoms with Crippen molar-refractivity contribution >= 4 is 17.5 Å². The smallest absolute Gasteiger partial charge is 0.272 e. The highest BCUT2D eigenvalue weighted by Crippen LogP contribution is 2.18. The first-order valence-electron chi connectivity index (χ1n) is 7.53. The molecule has 2 heterocycles. The number of nitrogens with zero attached hydrogens (tertiary/aromatic N) is 2. The summed E-state index contributed by atoms with van der Waals surface area (Å²) in [6, 6.07) is 6.91. The lowest BCUT2D eigenvalue weighted by molar-refractivity contribution is 0.0909. The van der Waals surface area contributed by atoms with Crippen LogP contribution in [0, 0.1) is 0 Å². The number of aliphatic hydroxyl groups excluding tert-OH is 1. The summed E-state index contributed by atoms with van der Waals surface area (Å²) in [5.41, 5.74) is 3.17. The maximum Gasteiger partial charge on any atom is 0.272 e. The Labute approximate surface area is 139 Å². The van der Waals surface area contributed by atoms with Crippen LogP contribution in [0.25, 0.3) is 0 Å². The molecule has 0 saturated heterocycles. The number of aliphatic hydroxyl groups is 1. The molecule has 0 bridgehead atoms. The van der Waals surface area contributed by atoms with E-state index >= 15 is 0 Å². The third kappa shape index (κ3) is 3.39. The van der Waals surface area contributed by atoms with Gasteiger partial charge in [-0.25, -0.2) is 0 Å². The van der Waals surface area contributed by atoms with Gasteiger partial charge < -0.3 is 15.7 Å². The van der Waals surface area contributed by atoms with Gasteiger partial charge in [0.05, 0.1) is 6.10 Å². The highest BCUT2D eigenvalue weighted by Gasteiger charge is 2.23. The second-order valence-electron chi connectivity index (χ2n) is 5.60. The molecule has 0 aliphatic carbocycles. The first kappa shape index (κ1) is 16.0. The number of amides is 1. The third-order valence-corrected chi connectivity index (χ3v) is 4.29. The number of benzene rings is 1. The average molecular weight is 335 g/mol. The number of nitrogens with one attached hydrogen (secondary N) is 2. The molecule has 1 aromatic heterocycles. The number of carbonyl (C=O) groups is 1. The zero-order valence-corrected chi connectivity index (χ0v) is 13.6. The summed E-state index contributed by atoms with van der Waals surface area (Å²) in [7, 11) is 1.85. The monoisotopic (exact) mass is 334 g/mol. The Morgan fingerprint density at radius 3 is 2.96 bits per heavy atom. The van der Waals surface area contributed by atoms with Gasteiger partial charge in [0.1, 0.15) is 0 Å². The maximum atomic E-state index is 12.4. The zero-order chi connectivity index (χ0) is 16.4. The summed E-state index contributed by atoms with van der Waals surface area (Å²) >= 11 is 5.83. The van der Waals surface area contributed by atoms with Crippen molar-refractivity contribution in [1.29, 1.82) is 0 Å². The van der Waals surface area contributed by atoms with E-state index < -0.39 is 6.10 Å². The molecule has 6 nitrogen and oxygen atoms in total. The van der Waals surface area contributed by atoms with Crippen LogP contribution in [0.3, 0.4) is 0 Å². The Balaban J connectivity index is 1.67. The van der Waals surface area contributed by atoms with Crippen LogP contribution >= 0.6 is 11.6 Å². The SMILES string of the molecule is Cn1nc(C(=O)NCC(O)c2ccc(Cl)cc2)c2c1CCNC2. The Hall–Kier alpha value is -1.89. The molecule has 1 amide bonds. The van der Waals surface area contributed by atoms with Gasteiger partial charge in [0.25, 0.3) is 5.91 Å². The highest BCUT2D eigenvalue weighted by molar-refractivity contribution is 6.30. The van der Waals surface area contributed by atoms with E-state index in [9.17, 15) is 9.90 Å². The van der Waals surface area contributed by atoms with E-state index in [1.165, 1.54) is 0 Å². The van der Waals surface area contributed by atoms with Gasteiger partial charge in [-0.1, -0.05) is 23.7 Å². The van der Waals surface area contributed by atoms with Gasteiger partial charge in [-0.15, -0.1) is 0 Å². The van der Waals surface area contributed by atoms with E-state index in [1.54, 1.807) is 28.9 Å². The summed E-state index contributed by atoms with van der Waals surface area (Å²) in [5, 5.41) is 21.1. The van der Waals surface area contributed by atoms with Crippen molar-refractivity contribution in [2.45, 2.75) is 19.1 Å². The molecule has 23 heavy (non-hydrogen) atoms. The lowest BCUT2D eigenvalue weighted by Gasteiger charge is -2.15. The first-order valence-corrected chi connectivity index (χ1v) is 7.91. The summed E-state index contributed by atoms with van der Waals surface area (Å²) in [4.78, 5) is 12.4. The molecule has 0 saturated carbocycles. The predicted octanol–water partition coefficient (Wildman–Crippen LogP) is 1.18. The van der Waals surface area contributed by atoms with E-state index in [-0.39, 0.29) is 12.5 Å². The number of rotatable bonds is 4. The van der Waals surface area contributed by atoms with Crippen molar-refractivity contribution < 1.29 is 9.90 Å². The van der Waals surface area contributed by atoms with Crippen LogP contribution in [0.15, 0.2) is 24.3 Å². The van der Waals surface area contributed by atoms with Gasteiger partial charge in [-0.3, -0.25) is 9.48 Å². The molecular formula is C16H19ClN4O2. The molecule has 1 aromatic carbocycles. The molecule has 0 fully saturated rings. The van der Waals surface area contributed by atoms with Gasteiger partial charge in [0, 0.05) is 49.4 Å². The molecule has 0 spiro atoms. The quantitative estimate of drug-likeness (QED) is 0.784. The van der Waals surface area contributed by atoms with E-state index in [0.29, 0.717) is 22.8 Å². The molecule has 7 heteroatoms. The number of aryl methyl sites for hydroxylation is 1. The Morgan fingerprint density at radius 2 is 2.22 bits per heavy atom. The largest absolute Gasteiger partial charge is 0.387 e. The molecule has 1 aliphatic rings. The van der Waals surface area contributed by atoms with Gasteiger partial charge in [0.15, 0.2) is 5.69 Å². The fourth-order valence-electron chi connectivity index (χ4n) is 2.78. The van der Waals surface area contributed by atoms with Crippen LogP contribution in [-0.4, -0.2) is 33.9 Å². The number of fused-ring (bicyclic) bond motifs is 1. The van der Waals surface area contributed by atoms with Crippen LogP contribution in [-0.2, 0) is 20.0 Å². The molecule has 1 atom stereocenters. The van der Waals surface area contributed by atoms with Crippen molar-refractivity contribution in [3.8, 4) is 0 Å². The minimum atomic E-state index is -0.783. The summed E-state index contributed by atoms with van der Waals surface area (Å²) in [5.74, 6) is -0.265. The van der Waals surface area contributed by atoms with Crippen LogP contribution < -0.4 is 10.6 Å². The second kappa shape index (κ2) is 6.70. The Kier molecular flexibility index (Phi) is 4.66. The van der Waals surface area contributed by atoms with Gasteiger partial charge in [-0.2, -0.15) is 5.10 Å². The number of aromatic nitrogens is 2. The number of hydrogen-bond donors (Lipinski definition) is 3. The lowest BCUT2D eigenvalue weighted by Crippen LogP contribution is -2.31. The number of hydrogen-bond acceptors (Lipinski definition) is 4. The van der Waals surface area contributed by atoms with Crippen molar-refractivity contribution in [1.82, 2.24) is 20.4 Å². The third-order valence-electron chi connectivity index (χ3n) is 4.04. The molecule has 3 N–H and O–H groups in total. The average Bonchev–Trinajstić information content (AvgIpc) is 2.90. The normalized spacial score (nSPS) is 15.1. The molecule has 0 radical (unpaired) electrons. The lowest BCUT2D eigenvalue weighted by atomic mass is 10.1. The minimum absolute atomic E-state index is 0.124. The fraction of sp³-hybridized carbons (Fsp3) is 0.375. The predicted molar refractivity (Wildman–Crippen MR) is 87.4 cm³/mol. The number of carbonyl (C=O) groups excluding carboxylic acids is 1. The standard InChI is InChI=1S/C16H19ClN4O2/c1-21-13-6-7-18-8-12(13)15(20-21)16(23)19-9-14(22)10-2-4-11(17)5-3-10/h2-5,14,18,22H,6-9H2,1H3,(H,19,23). The molecule has 3 rings (SSSR count). The second-order valence-corrected chi connectivity index (χ2v) is 6.04. The molecule has 1 aliphatic heterocycles. The fourth-order valence-corrected chi connectivity index (χ4v) is 2.91. The topological polar surface area (TPSA) is 79.2 Å². The molecule has 2 aromatic rings. The molecule has 122 valence electrons. The van der Waals surface area contributed by atoms with Crippen LogP contribution in [0.5, 0.6) is 0 Å². The van der Waals surface area contributed by atoms with Gasteiger partial charge in [-0.05, 0) is 17.7 Å². The maximum absolute atomic E-state index is 12.4. The highest BCUT2D eigenvalue weighted by atomic mass is 35.5.